The van der Waals surface area contributed by atoms with Crippen LogP contribution in [-0.2, 0) is 6.42 Å². The van der Waals surface area contributed by atoms with Crippen LogP contribution in [0, 0.1) is 0 Å². The second-order valence-corrected chi connectivity index (χ2v) is 6.89. The molecule has 0 aromatic carbocycles. The highest BCUT2D eigenvalue weighted by Crippen LogP contribution is 2.31. The number of likely N-dealkylation sites (tertiary alicyclic amines) is 1. The van der Waals surface area contributed by atoms with Gasteiger partial charge in [-0.3, -0.25) is 4.90 Å². The van der Waals surface area contributed by atoms with Gasteiger partial charge in [-0.05, 0) is 38.8 Å². The quantitative estimate of drug-likeness (QED) is 0.926. The molecule has 2 aliphatic rings. The summed E-state index contributed by atoms with van der Waals surface area (Å²) in [7, 11) is 0. The molecule has 2 fully saturated rings. The number of rotatable bonds is 4. The zero-order valence-electron chi connectivity index (χ0n) is 12.5. The maximum absolute atomic E-state index is 11.3. The molecule has 3 rings (SSSR count). The lowest BCUT2D eigenvalue weighted by Crippen LogP contribution is -2.40. The minimum absolute atomic E-state index is 0.411. The molecule has 2 saturated heterocycles. The molecule has 1 unspecified atom stereocenters. The summed E-state index contributed by atoms with van der Waals surface area (Å²) in [5.74, 6) is -0.845. The van der Waals surface area contributed by atoms with E-state index in [2.05, 4.69) is 14.8 Å². The fraction of sp³-hybridized carbons (Fsp3) is 0.733. The van der Waals surface area contributed by atoms with Crippen molar-refractivity contribution in [1.82, 2.24) is 9.88 Å². The third kappa shape index (κ3) is 3.06. The Kier molecular flexibility index (Phi) is 4.45. The number of aryl methyl sites for hydroxylation is 1. The number of hydrogen-bond acceptors (Lipinski definition) is 5. The Bertz CT molecular complexity index is 511. The number of nitrogens with zero attached hydrogens (tertiary/aromatic N) is 3. The van der Waals surface area contributed by atoms with Crippen molar-refractivity contribution in [3.05, 3.63) is 10.6 Å². The molecule has 2 aliphatic heterocycles. The number of piperidine rings is 1. The Morgan fingerprint density at radius 1 is 1.33 bits per heavy atom. The first kappa shape index (κ1) is 14.8. The highest BCUT2D eigenvalue weighted by Gasteiger charge is 2.30. The van der Waals surface area contributed by atoms with Gasteiger partial charge < -0.3 is 10.0 Å². The summed E-state index contributed by atoms with van der Waals surface area (Å²) in [4.78, 5) is 21.1. The SMILES string of the molecule is CCc1nc(N2CCC(N3CCCCC3)C2)sc1C(=O)O. The molecule has 1 aromatic heterocycles. The van der Waals surface area contributed by atoms with Crippen molar-refractivity contribution in [3.63, 3.8) is 0 Å². The number of carbonyl (C=O) groups is 1. The lowest BCUT2D eigenvalue weighted by molar-refractivity contribution is 0.0701. The van der Waals surface area contributed by atoms with Gasteiger partial charge in [0.25, 0.3) is 0 Å². The van der Waals surface area contributed by atoms with Crippen LogP contribution >= 0.6 is 11.3 Å². The van der Waals surface area contributed by atoms with E-state index in [-0.39, 0.29) is 0 Å². The van der Waals surface area contributed by atoms with Crippen molar-refractivity contribution in [1.29, 1.82) is 0 Å². The summed E-state index contributed by atoms with van der Waals surface area (Å²) in [6.07, 6.45) is 5.85. The number of carboxylic acid groups (broad SMARTS) is 1. The number of carboxylic acids is 1. The molecule has 3 heterocycles. The minimum Gasteiger partial charge on any atom is -0.477 e. The summed E-state index contributed by atoms with van der Waals surface area (Å²) in [6, 6.07) is 0.618. The van der Waals surface area contributed by atoms with Gasteiger partial charge in [-0.25, -0.2) is 9.78 Å². The molecular weight excluding hydrogens is 286 g/mol. The van der Waals surface area contributed by atoms with Gasteiger partial charge in [0, 0.05) is 19.1 Å². The molecule has 0 amide bonds. The highest BCUT2D eigenvalue weighted by atomic mass is 32.1. The second-order valence-electron chi connectivity index (χ2n) is 5.92. The van der Waals surface area contributed by atoms with Crippen molar-refractivity contribution in [2.75, 3.05) is 31.1 Å². The van der Waals surface area contributed by atoms with Crippen LogP contribution in [0.2, 0.25) is 0 Å². The van der Waals surface area contributed by atoms with Crippen LogP contribution < -0.4 is 4.90 Å². The van der Waals surface area contributed by atoms with Gasteiger partial charge in [-0.15, -0.1) is 0 Å². The first-order valence-electron chi connectivity index (χ1n) is 7.91. The summed E-state index contributed by atoms with van der Waals surface area (Å²) < 4.78 is 0. The zero-order chi connectivity index (χ0) is 14.8. The fourth-order valence-electron chi connectivity index (χ4n) is 3.38. The molecule has 1 atom stereocenters. The molecule has 1 aromatic rings. The van der Waals surface area contributed by atoms with Gasteiger partial charge in [-0.2, -0.15) is 0 Å². The van der Waals surface area contributed by atoms with E-state index in [0.29, 0.717) is 17.3 Å². The maximum atomic E-state index is 11.3. The Balaban J connectivity index is 1.69. The van der Waals surface area contributed by atoms with Crippen molar-refractivity contribution < 1.29 is 9.90 Å². The molecule has 0 radical (unpaired) electrons. The van der Waals surface area contributed by atoms with Crippen molar-refractivity contribution in [2.45, 2.75) is 45.1 Å². The average Bonchev–Trinajstić information content (AvgIpc) is 3.14. The first-order chi connectivity index (χ1) is 10.2. The third-order valence-corrected chi connectivity index (χ3v) is 5.70. The van der Waals surface area contributed by atoms with Gasteiger partial charge in [0.15, 0.2) is 5.13 Å². The minimum atomic E-state index is -0.845. The lowest BCUT2D eigenvalue weighted by Gasteiger charge is -2.32. The Morgan fingerprint density at radius 3 is 2.71 bits per heavy atom. The normalized spacial score (nSPS) is 23.7. The third-order valence-electron chi connectivity index (χ3n) is 4.56. The van der Waals surface area contributed by atoms with Crippen LogP contribution in [-0.4, -0.2) is 53.2 Å². The Labute approximate surface area is 129 Å². The predicted molar refractivity (Wildman–Crippen MR) is 84.5 cm³/mol. The van der Waals surface area contributed by atoms with E-state index in [1.165, 1.54) is 50.1 Å². The van der Waals surface area contributed by atoms with Gasteiger partial charge in [0.2, 0.25) is 0 Å². The molecule has 21 heavy (non-hydrogen) atoms. The topological polar surface area (TPSA) is 56.7 Å². The van der Waals surface area contributed by atoms with Crippen molar-refractivity contribution >= 4 is 22.4 Å². The maximum Gasteiger partial charge on any atom is 0.347 e. The van der Waals surface area contributed by atoms with Crippen LogP contribution in [0.1, 0.15) is 48.0 Å². The van der Waals surface area contributed by atoms with Gasteiger partial charge in [-0.1, -0.05) is 24.7 Å². The second kappa shape index (κ2) is 6.32. The van der Waals surface area contributed by atoms with Crippen LogP contribution in [0.25, 0.3) is 0 Å². The van der Waals surface area contributed by atoms with E-state index in [1.807, 2.05) is 6.92 Å². The predicted octanol–water partition coefficient (Wildman–Crippen LogP) is 2.47. The molecule has 5 nitrogen and oxygen atoms in total. The van der Waals surface area contributed by atoms with Crippen molar-refractivity contribution in [2.24, 2.45) is 0 Å². The monoisotopic (exact) mass is 309 g/mol. The first-order valence-corrected chi connectivity index (χ1v) is 8.72. The van der Waals surface area contributed by atoms with E-state index in [1.54, 1.807) is 0 Å². The Morgan fingerprint density at radius 2 is 2.10 bits per heavy atom. The van der Waals surface area contributed by atoms with Gasteiger partial charge in [0.1, 0.15) is 4.88 Å². The summed E-state index contributed by atoms with van der Waals surface area (Å²) in [6.45, 7) is 6.40. The smallest absolute Gasteiger partial charge is 0.347 e. The van der Waals surface area contributed by atoms with Crippen LogP contribution in [0.5, 0.6) is 0 Å². The van der Waals surface area contributed by atoms with E-state index < -0.39 is 5.97 Å². The molecule has 6 heteroatoms. The van der Waals surface area contributed by atoms with Crippen LogP contribution in [0.3, 0.4) is 0 Å². The largest absolute Gasteiger partial charge is 0.477 e. The van der Waals surface area contributed by atoms with Gasteiger partial charge in [0.05, 0.1) is 5.69 Å². The van der Waals surface area contributed by atoms with E-state index in [9.17, 15) is 9.90 Å². The number of anilines is 1. The Hall–Kier alpha value is -1.14. The fourth-order valence-corrected chi connectivity index (χ4v) is 4.41. The molecular formula is C15H23N3O2S. The molecule has 0 spiro atoms. The van der Waals surface area contributed by atoms with Crippen molar-refractivity contribution in [3.8, 4) is 0 Å². The van der Waals surface area contributed by atoms with E-state index in [0.717, 1.165) is 23.9 Å². The zero-order valence-corrected chi connectivity index (χ0v) is 13.4. The molecule has 116 valence electrons. The number of hydrogen-bond donors (Lipinski definition) is 1. The van der Waals surface area contributed by atoms with E-state index in [4.69, 9.17) is 0 Å². The summed E-state index contributed by atoms with van der Waals surface area (Å²) >= 11 is 1.33. The van der Waals surface area contributed by atoms with Crippen LogP contribution in [0.4, 0.5) is 5.13 Å². The molecule has 0 aliphatic carbocycles. The number of aromatic carboxylic acids is 1. The summed E-state index contributed by atoms with van der Waals surface area (Å²) in [5.41, 5.74) is 0.726. The average molecular weight is 309 g/mol. The number of thiazole rings is 1. The standard InChI is InChI=1S/C15H23N3O2S/c1-2-12-13(14(19)20)21-15(16-12)18-9-6-11(10-18)17-7-4-3-5-8-17/h11H,2-10H2,1H3,(H,19,20). The van der Waals surface area contributed by atoms with E-state index >= 15 is 0 Å². The molecule has 0 saturated carbocycles. The van der Waals surface area contributed by atoms with Crippen LogP contribution in [0.15, 0.2) is 0 Å². The number of aromatic nitrogens is 1. The van der Waals surface area contributed by atoms with Gasteiger partial charge >= 0.3 is 5.97 Å². The highest BCUT2D eigenvalue weighted by molar-refractivity contribution is 7.17. The lowest BCUT2D eigenvalue weighted by atomic mass is 10.1. The molecule has 1 N–H and O–H groups in total. The molecule has 0 bridgehead atoms. The summed E-state index contributed by atoms with van der Waals surface area (Å²) in [5, 5.41) is 10.1.